The molecule has 1 saturated heterocycles. The van der Waals surface area contributed by atoms with E-state index in [9.17, 15) is 4.79 Å². The summed E-state index contributed by atoms with van der Waals surface area (Å²) in [6, 6.07) is 15.0. The van der Waals surface area contributed by atoms with Gasteiger partial charge in [0, 0.05) is 30.5 Å². The summed E-state index contributed by atoms with van der Waals surface area (Å²) in [7, 11) is 1.59. The van der Waals surface area contributed by atoms with Gasteiger partial charge in [0.1, 0.15) is 11.5 Å². The van der Waals surface area contributed by atoms with E-state index in [4.69, 9.17) is 14.2 Å². The van der Waals surface area contributed by atoms with E-state index >= 15 is 0 Å². The van der Waals surface area contributed by atoms with Crippen LogP contribution in [0.3, 0.4) is 0 Å². The summed E-state index contributed by atoms with van der Waals surface area (Å²) in [5.74, 6) is 1.08. The van der Waals surface area contributed by atoms with Crippen LogP contribution in [0.15, 0.2) is 48.5 Å². The second-order valence-corrected chi connectivity index (χ2v) is 5.66. The Labute approximate surface area is 147 Å². The molecule has 6 heteroatoms. The van der Waals surface area contributed by atoms with Crippen LogP contribution in [0.2, 0.25) is 0 Å². The summed E-state index contributed by atoms with van der Waals surface area (Å²) in [5.41, 5.74) is 1.88. The van der Waals surface area contributed by atoms with E-state index in [2.05, 4.69) is 10.2 Å². The molecule has 0 saturated carbocycles. The summed E-state index contributed by atoms with van der Waals surface area (Å²) in [6.07, 6.45) is 0. The molecule has 2 aromatic carbocycles. The number of hydrogen-bond acceptors (Lipinski definition) is 5. The molecule has 1 N–H and O–H groups in total. The fourth-order valence-electron chi connectivity index (χ4n) is 2.61. The highest BCUT2D eigenvalue weighted by molar-refractivity contribution is 5.92. The highest BCUT2D eigenvalue weighted by Gasteiger charge is 2.11. The minimum absolute atomic E-state index is 0.0572. The van der Waals surface area contributed by atoms with E-state index < -0.39 is 0 Å². The number of carbonyl (C=O) groups excluding carboxylic acids is 1. The zero-order valence-corrected chi connectivity index (χ0v) is 14.2. The molecule has 3 rings (SSSR count). The average Bonchev–Trinajstić information content (AvgIpc) is 2.68. The predicted octanol–water partition coefficient (Wildman–Crippen LogP) is 2.55. The van der Waals surface area contributed by atoms with E-state index in [1.165, 1.54) is 0 Å². The monoisotopic (exact) mass is 342 g/mol. The standard InChI is InChI=1S/C19H22N2O4/c1-23-17-3-2-4-18(13-17)25-14-19(22)20-15-5-7-16(8-6-15)21-9-11-24-12-10-21/h2-8,13H,9-12,14H2,1H3,(H,20,22). The van der Waals surface area contributed by atoms with Crippen molar-refractivity contribution in [3.8, 4) is 11.5 Å². The molecule has 0 aliphatic carbocycles. The summed E-state index contributed by atoms with van der Waals surface area (Å²) in [4.78, 5) is 14.3. The van der Waals surface area contributed by atoms with Crippen molar-refractivity contribution in [2.45, 2.75) is 0 Å². The van der Waals surface area contributed by atoms with Crippen molar-refractivity contribution in [1.29, 1.82) is 0 Å². The summed E-state index contributed by atoms with van der Waals surface area (Å²) in [6.45, 7) is 3.22. The second-order valence-electron chi connectivity index (χ2n) is 5.66. The largest absolute Gasteiger partial charge is 0.497 e. The number of amides is 1. The van der Waals surface area contributed by atoms with Gasteiger partial charge in [0.2, 0.25) is 0 Å². The maximum Gasteiger partial charge on any atom is 0.262 e. The third-order valence-electron chi connectivity index (χ3n) is 3.94. The Hall–Kier alpha value is -2.73. The summed E-state index contributed by atoms with van der Waals surface area (Å²) < 4.78 is 16.0. The van der Waals surface area contributed by atoms with Gasteiger partial charge in [-0.05, 0) is 36.4 Å². The van der Waals surface area contributed by atoms with Crippen molar-refractivity contribution in [3.05, 3.63) is 48.5 Å². The molecule has 1 amide bonds. The van der Waals surface area contributed by atoms with E-state index in [-0.39, 0.29) is 12.5 Å². The average molecular weight is 342 g/mol. The van der Waals surface area contributed by atoms with Gasteiger partial charge >= 0.3 is 0 Å². The lowest BCUT2D eigenvalue weighted by molar-refractivity contribution is -0.118. The molecular formula is C19H22N2O4. The molecule has 0 radical (unpaired) electrons. The Kier molecular flexibility index (Phi) is 5.74. The topological polar surface area (TPSA) is 60.0 Å². The molecular weight excluding hydrogens is 320 g/mol. The molecule has 0 spiro atoms. The first kappa shape index (κ1) is 17.1. The van der Waals surface area contributed by atoms with Crippen LogP contribution in [0.4, 0.5) is 11.4 Å². The Morgan fingerprint density at radius 3 is 2.56 bits per heavy atom. The normalized spacial score (nSPS) is 14.0. The van der Waals surface area contributed by atoms with E-state index in [1.54, 1.807) is 19.2 Å². The Balaban J connectivity index is 1.50. The van der Waals surface area contributed by atoms with Gasteiger partial charge in [-0.1, -0.05) is 6.07 Å². The lowest BCUT2D eigenvalue weighted by atomic mass is 10.2. The van der Waals surface area contributed by atoms with E-state index in [0.717, 1.165) is 37.7 Å². The molecule has 0 aromatic heterocycles. The van der Waals surface area contributed by atoms with Crippen LogP contribution in [0, 0.1) is 0 Å². The van der Waals surface area contributed by atoms with Crippen LogP contribution >= 0.6 is 0 Å². The van der Waals surface area contributed by atoms with Crippen LogP contribution < -0.4 is 19.7 Å². The van der Waals surface area contributed by atoms with Crippen LogP contribution in [-0.4, -0.2) is 45.9 Å². The second kappa shape index (κ2) is 8.39. The SMILES string of the molecule is COc1cccc(OCC(=O)Nc2ccc(N3CCOCC3)cc2)c1. The fourth-order valence-corrected chi connectivity index (χ4v) is 2.61. The molecule has 6 nitrogen and oxygen atoms in total. The molecule has 132 valence electrons. The quantitative estimate of drug-likeness (QED) is 0.874. The van der Waals surface area contributed by atoms with Gasteiger partial charge in [-0.15, -0.1) is 0 Å². The number of morpholine rings is 1. The van der Waals surface area contributed by atoms with Gasteiger partial charge < -0.3 is 24.4 Å². The molecule has 1 aliphatic rings. The smallest absolute Gasteiger partial charge is 0.262 e. The van der Waals surface area contributed by atoms with Gasteiger partial charge in [0.15, 0.2) is 6.61 Å². The summed E-state index contributed by atoms with van der Waals surface area (Å²) >= 11 is 0. The number of rotatable bonds is 6. The Bertz CT molecular complexity index is 697. The Morgan fingerprint density at radius 1 is 1.12 bits per heavy atom. The van der Waals surface area contributed by atoms with Gasteiger partial charge in [0.25, 0.3) is 5.91 Å². The molecule has 25 heavy (non-hydrogen) atoms. The van der Waals surface area contributed by atoms with Gasteiger partial charge in [-0.3, -0.25) is 4.79 Å². The number of carbonyl (C=O) groups is 1. The maximum atomic E-state index is 12.0. The number of ether oxygens (including phenoxy) is 3. The molecule has 0 atom stereocenters. The van der Waals surface area contributed by atoms with Crippen LogP contribution in [0.5, 0.6) is 11.5 Å². The van der Waals surface area contributed by atoms with Gasteiger partial charge in [-0.2, -0.15) is 0 Å². The first-order valence-corrected chi connectivity index (χ1v) is 8.24. The first-order valence-electron chi connectivity index (χ1n) is 8.24. The zero-order chi connectivity index (χ0) is 17.5. The predicted molar refractivity (Wildman–Crippen MR) is 96.6 cm³/mol. The molecule has 0 unspecified atom stereocenters. The minimum Gasteiger partial charge on any atom is -0.497 e. The van der Waals surface area contributed by atoms with E-state index in [0.29, 0.717) is 11.5 Å². The van der Waals surface area contributed by atoms with Crippen molar-refractivity contribution in [1.82, 2.24) is 0 Å². The number of benzene rings is 2. The van der Waals surface area contributed by atoms with Gasteiger partial charge in [-0.25, -0.2) is 0 Å². The molecule has 0 bridgehead atoms. The van der Waals surface area contributed by atoms with Crippen molar-refractivity contribution in [2.24, 2.45) is 0 Å². The van der Waals surface area contributed by atoms with Gasteiger partial charge in [0.05, 0.1) is 20.3 Å². The highest BCUT2D eigenvalue weighted by atomic mass is 16.5. The minimum atomic E-state index is -0.207. The molecule has 2 aromatic rings. The number of nitrogens with zero attached hydrogens (tertiary/aromatic N) is 1. The van der Waals surface area contributed by atoms with Crippen LogP contribution in [0.25, 0.3) is 0 Å². The van der Waals surface area contributed by atoms with Crippen LogP contribution in [-0.2, 0) is 9.53 Å². The number of anilines is 2. The van der Waals surface area contributed by atoms with Crippen LogP contribution in [0.1, 0.15) is 0 Å². The van der Waals surface area contributed by atoms with Crippen molar-refractivity contribution in [3.63, 3.8) is 0 Å². The Morgan fingerprint density at radius 2 is 1.84 bits per heavy atom. The molecule has 1 fully saturated rings. The van der Waals surface area contributed by atoms with Crippen molar-refractivity contribution in [2.75, 3.05) is 50.2 Å². The molecule has 1 heterocycles. The summed E-state index contributed by atoms with van der Waals surface area (Å²) in [5, 5.41) is 2.83. The third kappa shape index (κ3) is 4.87. The highest BCUT2D eigenvalue weighted by Crippen LogP contribution is 2.20. The fraction of sp³-hybridized carbons (Fsp3) is 0.316. The van der Waals surface area contributed by atoms with Crippen molar-refractivity contribution >= 4 is 17.3 Å². The first-order chi connectivity index (χ1) is 12.2. The zero-order valence-electron chi connectivity index (χ0n) is 14.2. The van der Waals surface area contributed by atoms with E-state index in [1.807, 2.05) is 36.4 Å². The lowest BCUT2D eigenvalue weighted by Crippen LogP contribution is -2.36. The number of nitrogens with one attached hydrogen (secondary N) is 1. The third-order valence-corrected chi connectivity index (χ3v) is 3.94. The van der Waals surface area contributed by atoms with Crippen molar-refractivity contribution < 1.29 is 19.0 Å². The number of hydrogen-bond donors (Lipinski definition) is 1. The molecule has 1 aliphatic heterocycles. The maximum absolute atomic E-state index is 12.0. The number of methoxy groups -OCH3 is 1. The lowest BCUT2D eigenvalue weighted by Gasteiger charge is -2.28.